The van der Waals surface area contributed by atoms with Gasteiger partial charge in [-0.3, -0.25) is 0 Å². The largest absolute Gasteiger partial charge is 0.485 e. The highest BCUT2D eigenvalue weighted by atomic mass is 19.3. The van der Waals surface area contributed by atoms with Crippen LogP contribution < -0.4 is 15.2 Å². The maximum absolute atomic E-state index is 12.5. The zero-order chi connectivity index (χ0) is 14.8. The van der Waals surface area contributed by atoms with Crippen molar-refractivity contribution < 1.29 is 18.3 Å². The lowest BCUT2D eigenvalue weighted by molar-refractivity contribution is -0.0515. The van der Waals surface area contributed by atoms with E-state index < -0.39 is 12.7 Å². The fourth-order valence-electron chi connectivity index (χ4n) is 2.59. The Kier molecular flexibility index (Phi) is 3.75. The van der Waals surface area contributed by atoms with E-state index in [-0.39, 0.29) is 11.8 Å². The number of benzene rings is 2. The van der Waals surface area contributed by atoms with Crippen molar-refractivity contribution >= 4 is 0 Å². The van der Waals surface area contributed by atoms with E-state index in [9.17, 15) is 8.78 Å². The van der Waals surface area contributed by atoms with Crippen molar-refractivity contribution in [3.8, 4) is 11.5 Å². The lowest BCUT2D eigenvalue weighted by Crippen LogP contribution is -2.24. The van der Waals surface area contributed by atoms with Crippen molar-refractivity contribution in [1.82, 2.24) is 0 Å². The van der Waals surface area contributed by atoms with Gasteiger partial charge < -0.3 is 15.2 Å². The predicted molar refractivity (Wildman–Crippen MR) is 74.4 cm³/mol. The zero-order valence-corrected chi connectivity index (χ0v) is 11.2. The van der Waals surface area contributed by atoms with Crippen LogP contribution in [0.15, 0.2) is 48.5 Å². The Bertz CT molecular complexity index is 633. The third-order valence-corrected chi connectivity index (χ3v) is 3.54. The number of hydrogen-bond donors (Lipinski definition) is 1. The molecule has 0 fully saturated rings. The Morgan fingerprint density at radius 1 is 1.05 bits per heavy atom. The highest BCUT2D eigenvalue weighted by Crippen LogP contribution is 2.41. The molecule has 0 aromatic heterocycles. The number of para-hydroxylation sites is 2. The molecule has 0 spiro atoms. The molecule has 2 aromatic rings. The van der Waals surface area contributed by atoms with Crippen LogP contribution >= 0.6 is 0 Å². The molecule has 21 heavy (non-hydrogen) atoms. The zero-order valence-electron chi connectivity index (χ0n) is 11.2. The lowest BCUT2D eigenvalue weighted by atomic mass is 9.93. The molecular formula is C16H15F2NO2. The summed E-state index contributed by atoms with van der Waals surface area (Å²) in [6.45, 7) is -2.87. The fraction of sp³-hybridized carbons (Fsp3) is 0.250. The normalized spacial score (nSPS) is 20.8. The van der Waals surface area contributed by atoms with Crippen LogP contribution in [0.1, 0.15) is 29.7 Å². The summed E-state index contributed by atoms with van der Waals surface area (Å²) in [7, 11) is 0. The average Bonchev–Trinajstić information content (AvgIpc) is 2.47. The molecule has 0 amide bonds. The Morgan fingerprint density at radius 3 is 2.48 bits per heavy atom. The molecule has 1 aliphatic heterocycles. The van der Waals surface area contributed by atoms with Gasteiger partial charge in [0.05, 0.1) is 0 Å². The van der Waals surface area contributed by atoms with Crippen molar-refractivity contribution in [2.45, 2.75) is 25.2 Å². The fourth-order valence-corrected chi connectivity index (χ4v) is 2.59. The Hall–Kier alpha value is -2.14. The minimum Gasteiger partial charge on any atom is -0.485 e. The van der Waals surface area contributed by atoms with E-state index >= 15 is 0 Å². The number of fused-ring (bicyclic) bond motifs is 1. The first-order valence-electron chi connectivity index (χ1n) is 6.70. The van der Waals surface area contributed by atoms with Gasteiger partial charge in [-0.15, -0.1) is 0 Å². The molecule has 3 rings (SSSR count). The summed E-state index contributed by atoms with van der Waals surface area (Å²) in [4.78, 5) is 0. The van der Waals surface area contributed by atoms with Crippen LogP contribution in [-0.2, 0) is 0 Å². The molecule has 2 atom stereocenters. The van der Waals surface area contributed by atoms with E-state index in [4.69, 9.17) is 10.5 Å². The first-order valence-corrected chi connectivity index (χ1v) is 6.70. The maximum atomic E-state index is 12.5. The lowest BCUT2D eigenvalue weighted by Gasteiger charge is -2.31. The molecule has 110 valence electrons. The van der Waals surface area contributed by atoms with Crippen molar-refractivity contribution in [1.29, 1.82) is 0 Å². The van der Waals surface area contributed by atoms with Crippen molar-refractivity contribution in [2.75, 3.05) is 0 Å². The molecule has 0 bridgehead atoms. The first kappa shape index (κ1) is 13.8. The highest BCUT2D eigenvalue weighted by molar-refractivity contribution is 5.42. The van der Waals surface area contributed by atoms with Gasteiger partial charge in [0.15, 0.2) is 0 Å². The number of alkyl halides is 2. The summed E-state index contributed by atoms with van der Waals surface area (Å²) in [5.41, 5.74) is 7.67. The molecule has 2 N–H and O–H groups in total. The van der Waals surface area contributed by atoms with Gasteiger partial charge in [-0.1, -0.05) is 36.4 Å². The average molecular weight is 291 g/mol. The summed E-state index contributed by atoms with van der Waals surface area (Å²) in [5, 5.41) is 0. The molecule has 0 saturated carbocycles. The molecular weight excluding hydrogens is 276 g/mol. The molecule has 5 heteroatoms. The summed E-state index contributed by atoms with van der Waals surface area (Å²) < 4.78 is 35.5. The van der Waals surface area contributed by atoms with E-state index in [2.05, 4.69) is 4.74 Å². The Labute approximate surface area is 121 Å². The SMILES string of the molecule is NC1CC(c2ccccc2OC(F)F)Oc2ccccc21. The van der Waals surface area contributed by atoms with Crippen molar-refractivity contribution in [3.63, 3.8) is 0 Å². The smallest absolute Gasteiger partial charge is 0.387 e. The van der Waals surface area contributed by atoms with Crippen molar-refractivity contribution in [2.24, 2.45) is 5.73 Å². The number of ether oxygens (including phenoxy) is 2. The molecule has 0 radical (unpaired) electrons. The van der Waals surface area contributed by atoms with Crippen molar-refractivity contribution in [3.05, 3.63) is 59.7 Å². The number of halogens is 2. The van der Waals surface area contributed by atoms with Gasteiger partial charge in [0.25, 0.3) is 0 Å². The second-order valence-electron chi connectivity index (χ2n) is 4.90. The molecule has 0 saturated heterocycles. The summed E-state index contributed by atoms with van der Waals surface area (Å²) >= 11 is 0. The minimum atomic E-state index is -2.87. The Balaban J connectivity index is 1.93. The van der Waals surface area contributed by atoms with E-state index in [1.165, 1.54) is 6.07 Å². The summed E-state index contributed by atoms with van der Waals surface area (Å²) in [5.74, 6) is 0.817. The monoisotopic (exact) mass is 291 g/mol. The Morgan fingerprint density at radius 2 is 1.71 bits per heavy atom. The van der Waals surface area contributed by atoms with E-state index in [1.807, 2.05) is 24.3 Å². The maximum Gasteiger partial charge on any atom is 0.387 e. The molecule has 2 aromatic carbocycles. The van der Waals surface area contributed by atoms with Crippen LogP contribution in [0.25, 0.3) is 0 Å². The van der Waals surface area contributed by atoms with Gasteiger partial charge in [0, 0.05) is 23.6 Å². The van der Waals surface area contributed by atoms with Gasteiger partial charge in [0.2, 0.25) is 0 Å². The first-order chi connectivity index (χ1) is 10.1. The molecule has 0 aliphatic carbocycles. The van der Waals surface area contributed by atoms with Crippen LogP contribution in [0.5, 0.6) is 11.5 Å². The standard InChI is InChI=1S/C16H15F2NO2/c17-16(18)21-14-8-4-2-6-11(14)15-9-12(19)10-5-1-3-7-13(10)20-15/h1-8,12,15-16H,9,19H2. The summed E-state index contributed by atoms with van der Waals surface area (Å²) in [6.07, 6.45) is 0.116. The van der Waals surface area contributed by atoms with Crippen LogP contribution in [0.2, 0.25) is 0 Å². The van der Waals surface area contributed by atoms with Gasteiger partial charge in [-0.05, 0) is 12.1 Å². The predicted octanol–water partition coefficient (Wildman–Crippen LogP) is 3.81. The van der Waals surface area contributed by atoms with E-state index in [1.54, 1.807) is 18.2 Å². The van der Waals surface area contributed by atoms with E-state index in [0.29, 0.717) is 17.7 Å². The molecule has 3 nitrogen and oxygen atoms in total. The number of nitrogens with two attached hydrogens (primary N) is 1. The third kappa shape index (κ3) is 2.83. The topological polar surface area (TPSA) is 44.5 Å². The van der Waals surface area contributed by atoms with Crippen LogP contribution in [-0.4, -0.2) is 6.61 Å². The second-order valence-corrected chi connectivity index (χ2v) is 4.90. The minimum absolute atomic E-state index is 0.129. The van der Waals surface area contributed by atoms with Crippen LogP contribution in [0.3, 0.4) is 0 Å². The van der Waals surface area contributed by atoms with Crippen LogP contribution in [0, 0.1) is 0 Å². The van der Waals surface area contributed by atoms with Gasteiger partial charge in [0.1, 0.15) is 17.6 Å². The quantitative estimate of drug-likeness (QED) is 0.935. The number of hydrogen-bond acceptors (Lipinski definition) is 3. The molecule has 2 unspecified atom stereocenters. The van der Waals surface area contributed by atoms with Gasteiger partial charge >= 0.3 is 6.61 Å². The third-order valence-electron chi connectivity index (χ3n) is 3.54. The number of rotatable bonds is 3. The van der Waals surface area contributed by atoms with Gasteiger partial charge in [-0.25, -0.2) is 0 Å². The summed E-state index contributed by atoms with van der Waals surface area (Å²) in [6, 6.07) is 14.0. The molecule has 1 heterocycles. The van der Waals surface area contributed by atoms with Crippen LogP contribution in [0.4, 0.5) is 8.78 Å². The second kappa shape index (κ2) is 5.69. The van der Waals surface area contributed by atoms with Gasteiger partial charge in [-0.2, -0.15) is 8.78 Å². The molecule has 1 aliphatic rings. The highest BCUT2D eigenvalue weighted by Gasteiger charge is 2.29. The van der Waals surface area contributed by atoms with E-state index in [0.717, 1.165) is 5.56 Å².